The molecule has 0 aliphatic rings. The van der Waals surface area contributed by atoms with E-state index >= 15 is 0 Å². The Labute approximate surface area is 137 Å². The Hall–Kier alpha value is -2.74. The summed E-state index contributed by atoms with van der Waals surface area (Å²) in [6, 6.07) is 5.53. The molecule has 0 aliphatic carbocycles. The van der Waals surface area contributed by atoms with E-state index in [9.17, 15) is 22.8 Å². The van der Waals surface area contributed by atoms with E-state index in [0.717, 1.165) is 24.3 Å². The van der Waals surface area contributed by atoms with Gasteiger partial charge in [-0.3, -0.25) is 0 Å². The average molecular weight is 361 g/mol. The van der Waals surface area contributed by atoms with E-state index in [1.165, 1.54) is 6.07 Å². The Balaban J connectivity index is 2.37. The second kappa shape index (κ2) is 6.40. The maximum Gasteiger partial charge on any atom is 0.416 e. The molecule has 0 saturated heterocycles. The smallest absolute Gasteiger partial charge is 0.416 e. The number of aromatic carboxylic acids is 2. The first-order chi connectivity index (χ1) is 11.1. The first-order valence-electron chi connectivity index (χ1n) is 6.25. The molecule has 9 heteroatoms. The lowest BCUT2D eigenvalue weighted by Crippen LogP contribution is -2.08. The highest BCUT2D eigenvalue weighted by molar-refractivity contribution is 6.32. The Morgan fingerprint density at radius 3 is 2.08 bits per heavy atom. The molecule has 2 aromatic carbocycles. The van der Waals surface area contributed by atoms with Crippen LogP contribution in [-0.2, 0) is 6.18 Å². The highest BCUT2D eigenvalue weighted by Gasteiger charge is 2.31. The molecule has 0 bridgehead atoms. The van der Waals surface area contributed by atoms with Crippen molar-refractivity contribution in [3.63, 3.8) is 0 Å². The monoisotopic (exact) mass is 360 g/mol. The maximum atomic E-state index is 12.6. The summed E-state index contributed by atoms with van der Waals surface area (Å²) in [4.78, 5) is 22.0. The molecular weight excluding hydrogens is 353 g/mol. The van der Waals surface area contributed by atoms with Gasteiger partial charge in [0.1, 0.15) is 11.5 Å². The SMILES string of the molecule is O=C(O)c1ccc(Oc2ccc(C(F)(F)F)cc2Cl)cc1C(=O)O. The fourth-order valence-corrected chi connectivity index (χ4v) is 2.06. The van der Waals surface area contributed by atoms with Gasteiger partial charge in [0, 0.05) is 0 Å². The first-order valence-corrected chi connectivity index (χ1v) is 6.62. The lowest BCUT2D eigenvalue weighted by Gasteiger charge is -2.12. The molecule has 0 amide bonds. The van der Waals surface area contributed by atoms with Crippen LogP contribution in [0.4, 0.5) is 13.2 Å². The minimum Gasteiger partial charge on any atom is -0.478 e. The van der Waals surface area contributed by atoms with Crippen molar-refractivity contribution in [2.75, 3.05) is 0 Å². The molecule has 2 N–H and O–H groups in total. The molecule has 5 nitrogen and oxygen atoms in total. The van der Waals surface area contributed by atoms with E-state index in [1.54, 1.807) is 0 Å². The van der Waals surface area contributed by atoms with E-state index in [1.807, 2.05) is 0 Å². The fraction of sp³-hybridized carbons (Fsp3) is 0.0667. The number of hydrogen-bond donors (Lipinski definition) is 2. The summed E-state index contributed by atoms with van der Waals surface area (Å²) < 4.78 is 43.0. The van der Waals surface area contributed by atoms with Crippen LogP contribution in [0.25, 0.3) is 0 Å². The van der Waals surface area contributed by atoms with E-state index in [2.05, 4.69) is 0 Å². The van der Waals surface area contributed by atoms with Gasteiger partial charge in [-0.25, -0.2) is 9.59 Å². The van der Waals surface area contributed by atoms with Gasteiger partial charge in [-0.15, -0.1) is 0 Å². The highest BCUT2D eigenvalue weighted by Crippen LogP contribution is 2.36. The topological polar surface area (TPSA) is 83.8 Å². The van der Waals surface area contributed by atoms with Crippen molar-refractivity contribution in [1.82, 2.24) is 0 Å². The number of ether oxygens (including phenoxy) is 1. The van der Waals surface area contributed by atoms with Crippen LogP contribution in [0.2, 0.25) is 5.02 Å². The summed E-state index contributed by atoms with van der Waals surface area (Å²) in [5.41, 5.74) is -1.94. The molecule has 0 unspecified atom stereocenters. The van der Waals surface area contributed by atoms with Crippen molar-refractivity contribution in [2.45, 2.75) is 6.18 Å². The molecule has 0 atom stereocenters. The van der Waals surface area contributed by atoms with Crippen LogP contribution < -0.4 is 4.74 Å². The van der Waals surface area contributed by atoms with Crippen LogP contribution in [-0.4, -0.2) is 22.2 Å². The van der Waals surface area contributed by atoms with Gasteiger partial charge in [-0.2, -0.15) is 13.2 Å². The Morgan fingerprint density at radius 1 is 0.958 bits per heavy atom. The Bertz CT molecular complexity index is 817. The zero-order chi connectivity index (χ0) is 18.1. The molecule has 0 saturated carbocycles. The number of carbonyl (C=O) groups is 2. The van der Waals surface area contributed by atoms with Crippen LogP contribution in [0, 0.1) is 0 Å². The van der Waals surface area contributed by atoms with Crippen molar-refractivity contribution in [3.05, 3.63) is 58.1 Å². The molecule has 126 valence electrons. The molecule has 0 aliphatic heterocycles. The van der Waals surface area contributed by atoms with E-state index < -0.39 is 34.8 Å². The predicted octanol–water partition coefficient (Wildman–Crippen LogP) is 4.55. The van der Waals surface area contributed by atoms with Gasteiger partial charge in [0.05, 0.1) is 21.7 Å². The molecular formula is C15H8ClF3O5. The summed E-state index contributed by atoms with van der Waals surface area (Å²) in [6.07, 6.45) is -4.57. The van der Waals surface area contributed by atoms with E-state index in [4.69, 9.17) is 26.6 Å². The minimum absolute atomic E-state index is 0.0842. The third kappa shape index (κ3) is 3.77. The van der Waals surface area contributed by atoms with Gasteiger partial charge in [-0.05, 0) is 36.4 Å². The third-order valence-electron chi connectivity index (χ3n) is 2.94. The van der Waals surface area contributed by atoms with Crippen LogP contribution in [0.5, 0.6) is 11.5 Å². The first kappa shape index (κ1) is 17.6. The molecule has 2 aromatic rings. The Kier molecular flexibility index (Phi) is 4.70. The van der Waals surface area contributed by atoms with Crippen molar-refractivity contribution >= 4 is 23.5 Å². The highest BCUT2D eigenvalue weighted by atomic mass is 35.5. The van der Waals surface area contributed by atoms with Crippen molar-refractivity contribution < 1.29 is 37.7 Å². The lowest BCUT2D eigenvalue weighted by molar-refractivity contribution is -0.137. The van der Waals surface area contributed by atoms with Gasteiger partial charge >= 0.3 is 18.1 Å². The van der Waals surface area contributed by atoms with Crippen LogP contribution in [0.15, 0.2) is 36.4 Å². The summed E-state index contributed by atoms with van der Waals surface area (Å²) in [7, 11) is 0. The molecule has 0 fully saturated rings. The third-order valence-corrected chi connectivity index (χ3v) is 3.23. The lowest BCUT2D eigenvalue weighted by atomic mass is 10.1. The number of rotatable bonds is 4. The van der Waals surface area contributed by atoms with Crippen LogP contribution in [0.3, 0.4) is 0 Å². The molecule has 0 radical (unpaired) electrons. The van der Waals surface area contributed by atoms with E-state index in [0.29, 0.717) is 6.07 Å². The van der Waals surface area contributed by atoms with Gasteiger partial charge in [0.2, 0.25) is 0 Å². The number of hydrogen-bond acceptors (Lipinski definition) is 3. The van der Waals surface area contributed by atoms with Crippen molar-refractivity contribution in [3.8, 4) is 11.5 Å². The Morgan fingerprint density at radius 2 is 1.58 bits per heavy atom. The molecule has 2 rings (SSSR count). The predicted molar refractivity (Wildman–Crippen MR) is 76.9 cm³/mol. The zero-order valence-corrected chi connectivity index (χ0v) is 12.4. The second-order valence-corrected chi connectivity index (χ2v) is 4.97. The van der Waals surface area contributed by atoms with E-state index in [-0.39, 0.29) is 16.5 Å². The average Bonchev–Trinajstić information content (AvgIpc) is 2.47. The molecule has 0 heterocycles. The summed E-state index contributed by atoms with van der Waals surface area (Å²) in [6.45, 7) is 0. The standard InChI is InChI=1S/C15H8ClF3O5/c16-11-5-7(15(17,18)19)1-4-12(11)24-8-2-3-9(13(20)21)10(6-8)14(22)23/h1-6H,(H,20,21)(H,22,23). The number of alkyl halides is 3. The molecule has 0 aromatic heterocycles. The summed E-state index contributed by atoms with van der Waals surface area (Å²) in [5, 5.41) is 17.6. The molecule has 24 heavy (non-hydrogen) atoms. The van der Waals surface area contributed by atoms with Gasteiger partial charge in [0.25, 0.3) is 0 Å². The quantitative estimate of drug-likeness (QED) is 0.835. The zero-order valence-electron chi connectivity index (χ0n) is 11.6. The van der Waals surface area contributed by atoms with Crippen LogP contribution in [0.1, 0.15) is 26.3 Å². The summed E-state index contributed by atoms with van der Waals surface area (Å²) >= 11 is 5.73. The molecule has 0 spiro atoms. The summed E-state index contributed by atoms with van der Waals surface area (Å²) in [5.74, 6) is -3.15. The van der Waals surface area contributed by atoms with Crippen molar-refractivity contribution in [2.24, 2.45) is 0 Å². The van der Waals surface area contributed by atoms with Crippen molar-refractivity contribution in [1.29, 1.82) is 0 Å². The largest absolute Gasteiger partial charge is 0.478 e. The van der Waals surface area contributed by atoms with Crippen LogP contribution >= 0.6 is 11.6 Å². The number of carboxylic acids is 2. The van der Waals surface area contributed by atoms with Gasteiger partial charge in [0.15, 0.2) is 0 Å². The fourth-order valence-electron chi connectivity index (χ4n) is 1.84. The second-order valence-electron chi connectivity index (χ2n) is 4.56. The van der Waals surface area contributed by atoms with Gasteiger partial charge in [-0.1, -0.05) is 11.6 Å². The number of halogens is 4. The van der Waals surface area contributed by atoms with Gasteiger partial charge < -0.3 is 14.9 Å². The maximum absolute atomic E-state index is 12.6. The minimum atomic E-state index is -4.57. The number of carboxylic acid groups (broad SMARTS) is 2. The number of benzene rings is 2. The normalized spacial score (nSPS) is 11.2.